The van der Waals surface area contributed by atoms with Crippen molar-refractivity contribution in [3.63, 3.8) is 0 Å². The van der Waals surface area contributed by atoms with Gasteiger partial charge in [0, 0.05) is 19.0 Å². The average molecular weight is 306 g/mol. The fourth-order valence-corrected chi connectivity index (χ4v) is 2.65. The molecule has 3 heterocycles. The van der Waals surface area contributed by atoms with Gasteiger partial charge in [0.1, 0.15) is 24.0 Å². The van der Waals surface area contributed by atoms with Gasteiger partial charge in [-0.05, 0) is 25.5 Å². The third-order valence-corrected chi connectivity index (χ3v) is 3.74. The van der Waals surface area contributed by atoms with Gasteiger partial charge in [0.15, 0.2) is 0 Å². The molecule has 22 heavy (non-hydrogen) atoms. The van der Waals surface area contributed by atoms with Crippen molar-refractivity contribution in [2.45, 2.75) is 45.1 Å². The van der Waals surface area contributed by atoms with Crippen LogP contribution in [-0.4, -0.2) is 45.2 Å². The predicted octanol–water partition coefficient (Wildman–Crippen LogP) is 0.662. The number of ether oxygens (including phenoxy) is 1. The Morgan fingerprint density at radius 3 is 3.32 bits per heavy atom. The third kappa shape index (κ3) is 3.94. The van der Waals surface area contributed by atoms with Crippen LogP contribution in [0.1, 0.15) is 23.8 Å². The van der Waals surface area contributed by atoms with E-state index in [9.17, 15) is 5.11 Å². The molecule has 0 amide bonds. The van der Waals surface area contributed by atoms with Crippen LogP contribution in [0.15, 0.2) is 22.8 Å². The Balaban J connectivity index is 1.35. The van der Waals surface area contributed by atoms with Gasteiger partial charge in [-0.1, -0.05) is 0 Å². The molecule has 0 bridgehead atoms. The van der Waals surface area contributed by atoms with E-state index in [1.807, 2.05) is 23.7 Å². The molecule has 0 fully saturated rings. The average Bonchev–Trinajstić information content (AvgIpc) is 3.12. The van der Waals surface area contributed by atoms with Gasteiger partial charge in [0.2, 0.25) is 0 Å². The van der Waals surface area contributed by atoms with Gasteiger partial charge < -0.3 is 19.6 Å². The van der Waals surface area contributed by atoms with Crippen molar-refractivity contribution in [2.75, 3.05) is 13.2 Å². The summed E-state index contributed by atoms with van der Waals surface area (Å²) in [5.41, 5.74) is 0. The molecule has 0 unspecified atom stereocenters. The maximum atomic E-state index is 9.95. The Morgan fingerprint density at radius 2 is 2.50 bits per heavy atom. The first-order chi connectivity index (χ1) is 10.7. The second-order valence-corrected chi connectivity index (χ2v) is 5.65. The first-order valence-electron chi connectivity index (χ1n) is 7.62. The quantitative estimate of drug-likeness (QED) is 0.782. The zero-order valence-corrected chi connectivity index (χ0v) is 12.7. The molecule has 1 aliphatic rings. The molecule has 7 heteroatoms. The minimum Gasteiger partial charge on any atom is -0.467 e. The van der Waals surface area contributed by atoms with Crippen LogP contribution in [0.4, 0.5) is 0 Å². The van der Waals surface area contributed by atoms with Crippen molar-refractivity contribution in [2.24, 2.45) is 0 Å². The number of aryl methyl sites for hydroxylation is 2. The second kappa shape index (κ2) is 7.04. The molecule has 2 atom stereocenters. The van der Waals surface area contributed by atoms with Crippen molar-refractivity contribution >= 4 is 0 Å². The Bertz CT molecular complexity index is 582. The molecule has 0 saturated carbocycles. The van der Waals surface area contributed by atoms with Gasteiger partial charge >= 0.3 is 0 Å². The number of aliphatic hydroxyl groups excluding tert-OH is 1. The second-order valence-electron chi connectivity index (χ2n) is 5.65. The Kier molecular flexibility index (Phi) is 4.87. The highest BCUT2D eigenvalue weighted by Gasteiger charge is 2.21. The van der Waals surface area contributed by atoms with Crippen LogP contribution < -0.4 is 5.32 Å². The molecule has 0 aromatic carbocycles. The highest BCUT2D eigenvalue weighted by molar-refractivity contribution is 4.97. The Labute approximate surface area is 129 Å². The van der Waals surface area contributed by atoms with Crippen molar-refractivity contribution in [3.8, 4) is 0 Å². The number of nitrogens with one attached hydrogen (secondary N) is 1. The molecule has 0 radical (unpaired) electrons. The molecule has 1 aliphatic heterocycles. The van der Waals surface area contributed by atoms with E-state index in [-0.39, 0.29) is 6.61 Å². The van der Waals surface area contributed by atoms with Gasteiger partial charge in [-0.25, -0.2) is 9.67 Å². The molecule has 3 rings (SSSR count). The predicted molar refractivity (Wildman–Crippen MR) is 79.2 cm³/mol. The SMILES string of the molecule is Cc1nc2n(n1)C[C@H](NC[C@H](O)COCc1ccco1)CC2. The number of hydrogen-bond donors (Lipinski definition) is 2. The highest BCUT2D eigenvalue weighted by atomic mass is 16.5. The molecule has 7 nitrogen and oxygen atoms in total. The van der Waals surface area contributed by atoms with Crippen molar-refractivity contribution in [1.82, 2.24) is 20.1 Å². The molecule has 0 aliphatic carbocycles. The standard InChI is InChI=1S/C15H22N4O3/c1-11-17-15-5-4-12(8-19(15)18-11)16-7-13(20)9-21-10-14-3-2-6-22-14/h2-3,6,12-13,16,20H,4-5,7-10H2,1H3/t12-,13+/m1/s1. The van der Waals surface area contributed by atoms with Crippen LogP contribution in [0.2, 0.25) is 0 Å². The summed E-state index contributed by atoms with van der Waals surface area (Å²) in [5, 5.41) is 17.7. The van der Waals surface area contributed by atoms with E-state index >= 15 is 0 Å². The zero-order valence-electron chi connectivity index (χ0n) is 12.7. The molecular formula is C15H22N4O3. The van der Waals surface area contributed by atoms with Crippen LogP contribution in [-0.2, 0) is 24.3 Å². The number of rotatable bonds is 7. The first-order valence-corrected chi connectivity index (χ1v) is 7.62. The third-order valence-electron chi connectivity index (χ3n) is 3.74. The maximum Gasteiger partial charge on any atom is 0.147 e. The van der Waals surface area contributed by atoms with Crippen molar-refractivity contribution in [1.29, 1.82) is 0 Å². The van der Waals surface area contributed by atoms with E-state index in [1.54, 1.807) is 6.26 Å². The summed E-state index contributed by atoms with van der Waals surface area (Å²) in [6.45, 7) is 3.89. The van der Waals surface area contributed by atoms with E-state index in [1.165, 1.54) is 0 Å². The van der Waals surface area contributed by atoms with Gasteiger partial charge in [-0.15, -0.1) is 0 Å². The zero-order chi connectivity index (χ0) is 15.4. The first kappa shape index (κ1) is 15.2. The summed E-state index contributed by atoms with van der Waals surface area (Å²) < 4.78 is 12.6. The van der Waals surface area contributed by atoms with Crippen molar-refractivity contribution < 1.29 is 14.3 Å². The molecule has 2 N–H and O–H groups in total. The van der Waals surface area contributed by atoms with E-state index in [0.717, 1.165) is 36.8 Å². The smallest absolute Gasteiger partial charge is 0.147 e. The van der Waals surface area contributed by atoms with E-state index in [2.05, 4.69) is 15.4 Å². The summed E-state index contributed by atoms with van der Waals surface area (Å²) in [7, 11) is 0. The fraction of sp³-hybridized carbons (Fsp3) is 0.600. The lowest BCUT2D eigenvalue weighted by Crippen LogP contribution is -2.42. The summed E-state index contributed by atoms with van der Waals surface area (Å²) >= 11 is 0. The summed E-state index contributed by atoms with van der Waals surface area (Å²) in [6.07, 6.45) is 3.01. The monoisotopic (exact) mass is 306 g/mol. The van der Waals surface area contributed by atoms with E-state index in [0.29, 0.717) is 19.2 Å². The fourth-order valence-electron chi connectivity index (χ4n) is 2.65. The van der Waals surface area contributed by atoms with E-state index < -0.39 is 6.10 Å². The molecular weight excluding hydrogens is 284 g/mol. The lowest BCUT2D eigenvalue weighted by atomic mass is 10.1. The maximum absolute atomic E-state index is 9.95. The van der Waals surface area contributed by atoms with Gasteiger partial charge in [-0.3, -0.25) is 0 Å². The number of nitrogens with zero attached hydrogens (tertiary/aromatic N) is 3. The minimum atomic E-state index is -0.533. The lowest BCUT2D eigenvalue weighted by Gasteiger charge is -2.24. The van der Waals surface area contributed by atoms with Gasteiger partial charge in [0.05, 0.1) is 25.5 Å². The molecule has 0 spiro atoms. The summed E-state index contributed by atoms with van der Waals surface area (Å²) in [4.78, 5) is 4.39. The number of aromatic nitrogens is 3. The van der Waals surface area contributed by atoms with Crippen LogP contribution >= 0.6 is 0 Å². The number of hydrogen-bond acceptors (Lipinski definition) is 6. The summed E-state index contributed by atoms with van der Waals surface area (Å²) in [6, 6.07) is 3.98. The van der Waals surface area contributed by atoms with Crippen LogP contribution in [0.25, 0.3) is 0 Å². The molecule has 0 saturated heterocycles. The number of fused-ring (bicyclic) bond motifs is 1. The topological polar surface area (TPSA) is 85.3 Å². The Morgan fingerprint density at radius 1 is 1.59 bits per heavy atom. The normalized spacial score (nSPS) is 19.1. The Hall–Kier alpha value is -1.70. The van der Waals surface area contributed by atoms with Crippen LogP contribution in [0.5, 0.6) is 0 Å². The largest absolute Gasteiger partial charge is 0.467 e. The summed E-state index contributed by atoms with van der Waals surface area (Å²) in [5.74, 6) is 2.64. The number of furan rings is 1. The molecule has 120 valence electrons. The minimum absolute atomic E-state index is 0.286. The van der Waals surface area contributed by atoms with Gasteiger partial charge in [0.25, 0.3) is 0 Å². The lowest BCUT2D eigenvalue weighted by molar-refractivity contribution is 0.0209. The van der Waals surface area contributed by atoms with Gasteiger partial charge in [-0.2, -0.15) is 5.10 Å². The van der Waals surface area contributed by atoms with E-state index in [4.69, 9.17) is 9.15 Å². The van der Waals surface area contributed by atoms with Crippen molar-refractivity contribution in [3.05, 3.63) is 35.8 Å². The van der Waals surface area contributed by atoms with Crippen LogP contribution in [0.3, 0.4) is 0 Å². The molecule has 2 aromatic heterocycles. The molecule has 2 aromatic rings. The highest BCUT2D eigenvalue weighted by Crippen LogP contribution is 2.12. The van der Waals surface area contributed by atoms with Crippen LogP contribution in [0, 0.1) is 6.92 Å². The number of aliphatic hydroxyl groups is 1.